The highest BCUT2D eigenvalue weighted by atomic mass is 16.5. The minimum Gasteiger partial charge on any atom is -0.377 e. The molecule has 0 bridgehead atoms. The first-order valence-electron chi connectivity index (χ1n) is 4.37. The molecule has 0 atom stereocenters. The molecule has 15 heavy (non-hydrogen) atoms. The lowest BCUT2D eigenvalue weighted by atomic mass is 10.2. The SMILES string of the molecule is N#Cc1ccncc1NCc1ccon1. The summed E-state index contributed by atoms with van der Waals surface area (Å²) in [5, 5.41) is 15.6. The van der Waals surface area contributed by atoms with Crippen molar-refractivity contribution in [3.8, 4) is 6.07 Å². The van der Waals surface area contributed by atoms with Crippen molar-refractivity contribution in [3.05, 3.63) is 42.0 Å². The standard InChI is InChI=1S/C10H8N4O/c11-5-8-1-3-12-7-10(8)13-6-9-2-4-15-14-9/h1-4,7,13H,6H2. The highest BCUT2D eigenvalue weighted by Gasteiger charge is 2.01. The molecule has 0 amide bonds. The molecule has 0 aliphatic rings. The first kappa shape index (κ1) is 9.21. The Morgan fingerprint density at radius 3 is 3.13 bits per heavy atom. The first-order valence-corrected chi connectivity index (χ1v) is 4.37. The Morgan fingerprint density at radius 2 is 2.40 bits per heavy atom. The monoisotopic (exact) mass is 200 g/mol. The number of nitriles is 1. The van der Waals surface area contributed by atoms with Crippen LogP contribution in [-0.4, -0.2) is 10.1 Å². The van der Waals surface area contributed by atoms with Crippen LogP contribution in [0.3, 0.4) is 0 Å². The number of pyridine rings is 1. The van der Waals surface area contributed by atoms with Crippen LogP contribution in [0.4, 0.5) is 5.69 Å². The molecule has 5 nitrogen and oxygen atoms in total. The quantitative estimate of drug-likeness (QED) is 0.813. The summed E-state index contributed by atoms with van der Waals surface area (Å²) in [4.78, 5) is 3.94. The predicted molar refractivity (Wildman–Crippen MR) is 52.8 cm³/mol. The Morgan fingerprint density at radius 1 is 1.47 bits per heavy atom. The zero-order valence-corrected chi connectivity index (χ0v) is 7.84. The normalized spacial score (nSPS) is 9.53. The Kier molecular flexibility index (Phi) is 2.61. The van der Waals surface area contributed by atoms with E-state index in [-0.39, 0.29) is 0 Å². The fraction of sp³-hybridized carbons (Fsp3) is 0.100. The number of nitrogens with one attached hydrogen (secondary N) is 1. The van der Waals surface area contributed by atoms with Gasteiger partial charge in [0.15, 0.2) is 0 Å². The molecule has 1 N–H and O–H groups in total. The van der Waals surface area contributed by atoms with Crippen LogP contribution in [0.25, 0.3) is 0 Å². The van der Waals surface area contributed by atoms with Gasteiger partial charge in [-0.05, 0) is 6.07 Å². The highest BCUT2D eigenvalue weighted by Crippen LogP contribution is 2.12. The third-order valence-electron chi connectivity index (χ3n) is 1.89. The number of anilines is 1. The van der Waals surface area contributed by atoms with Crippen molar-refractivity contribution >= 4 is 5.69 Å². The Labute approximate surface area is 86.3 Å². The smallest absolute Gasteiger partial charge is 0.124 e. The topological polar surface area (TPSA) is 74.7 Å². The van der Waals surface area contributed by atoms with E-state index in [0.29, 0.717) is 17.8 Å². The largest absolute Gasteiger partial charge is 0.377 e. The average Bonchev–Trinajstić information content (AvgIpc) is 2.79. The molecular weight excluding hydrogens is 192 g/mol. The number of hydrogen-bond donors (Lipinski definition) is 1. The molecule has 5 heteroatoms. The van der Waals surface area contributed by atoms with Gasteiger partial charge in [-0.25, -0.2) is 0 Å². The van der Waals surface area contributed by atoms with E-state index in [1.54, 1.807) is 24.5 Å². The lowest BCUT2D eigenvalue weighted by Crippen LogP contribution is -2.01. The summed E-state index contributed by atoms with van der Waals surface area (Å²) in [6, 6.07) is 5.50. The van der Waals surface area contributed by atoms with Crippen LogP contribution in [0, 0.1) is 11.3 Å². The molecule has 74 valence electrons. The van der Waals surface area contributed by atoms with E-state index in [1.807, 2.05) is 0 Å². The molecule has 0 fully saturated rings. The molecule has 2 rings (SSSR count). The Bertz CT molecular complexity index is 472. The molecular formula is C10H8N4O. The third kappa shape index (κ3) is 2.11. The van der Waals surface area contributed by atoms with Gasteiger partial charge < -0.3 is 9.84 Å². The average molecular weight is 200 g/mol. The van der Waals surface area contributed by atoms with E-state index >= 15 is 0 Å². The minimum absolute atomic E-state index is 0.511. The summed E-state index contributed by atoms with van der Waals surface area (Å²) < 4.78 is 4.69. The minimum atomic E-state index is 0.511. The molecule has 0 aliphatic carbocycles. The van der Waals surface area contributed by atoms with Crippen LogP contribution in [-0.2, 0) is 6.54 Å². The van der Waals surface area contributed by atoms with Crippen molar-refractivity contribution < 1.29 is 4.52 Å². The van der Waals surface area contributed by atoms with Gasteiger partial charge in [-0.3, -0.25) is 4.98 Å². The molecule has 0 aromatic carbocycles. The maximum absolute atomic E-state index is 8.82. The van der Waals surface area contributed by atoms with E-state index < -0.39 is 0 Å². The van der Waals surface area contributed by atoms with Gasteiger partial charge in [0.25, 0.3) is 0 Å². The van der Waals surface area contributed by atoms with Crippen molar-refractivity contribution in [2.24, 2.45) is 0 Å². The van der Waals surface area contributed by atoms with Crippen LogP contribution in [0.15, 0.2) is 35.3 Å². The van der Waals surface area contributed by atoms with Crippen molar-refractivity contribution in [2.75, 3.05) is 5.32 Å². The predicted octanol–water partition coefficient (Wildman–Crippen LogP) is 1.55. The summed E-state index contributed by atoms with van der Waals surface area (Å²) in [7, 11) is 0. The lowest BCUT2D eigenvalue weighted by molar-refractivity contribution is 0.412. The lowest BCUT2D eigenvalue weighted by Gasteiger charge is -2.04. The Balaban J connectivity index is 2.08. The van der Waals surface area contributed by atoms with Crippen molar-refractivity contribution in [3.63, 3.8) is 0 Å². The molecule has 0 saturated carbocycles. The molecule has 0 saturated heterocycles. The summed E-state index contributed by atoms with van der Waals surface area (Å²) in [6.45, 7) is 0.511. The Hall–Kier alpha value is -2.35. The summed E-state index contributed by atoms with van der Waals surface area (Å²) in [6.07, 6.45) is 4.70. The van der Waals surface area contributed by atoms with Crippen molar-refractivity contribution in [2.45, 2.75) is 6.54 Å². The fourth-order valence-corrected chi connectivity index (χ4v) is 1.15. The van der Waals surface area contributed by atoms with Gasteiger partial charge in [-0.2, -0.15) is 5.26 Å². The second-order valence-corrected chi connectivity index (χ2v) is 2.88. The third-order valence-corrected chi connectivity index (χ3v) is 1.89. The van der Waals surface area contributed by atoms with E-state index in [1.165, 1.54) is 6.26 Å². The highest BCUT2D eigenvalue weighted by molar-refractivity contribution is 5.55. The number of hydrogen-bond acceptors (Lipinski definition) is 5. The van der Waals surface area contributed by atoms with Crippen LogP contribution in [0.1, 0.15) is 11.3 Å². The number of aromatic nitrogens is 2. The zero-order chi connectivity index (χ0) is 10.5. The molecule has 2 heterocycles. The first-order chi connectivity index (χ1) is 7.40. The number of nitrogens with zero attached hydrogens (tertiary/aromatic N) is 3. The van der Waals surface area contributed by atoms with E-state index in [2.05, 4.69) is 26.0 Å². The summed E-state index contributed by atoms with van der Waals surface area (Å²) in [5.41, 5.74) is 2.04. The van der Waals surface area contributed by atoms with E-state index in [9.17, 15) is 0 Å². The molecule has 0 spiro atoms. The van der Waals surface area contributed by atoms with E-state index in [0.717, 1.165) is 5.69 Å². The fourth-order valence-electron chi connectivity index (χ4n) is 1.15. The van der Waals surface area contributed by atoms with Crippen LogP contribution < -0.4 is 5.32 Å². The van der Waals surface area contributed by atoms with Crippen molar-refractivity contribution in [1.29, 1.82) is 5.26 Å². The maximum atomic E-state index is 8.82. The van der Waals surface area contributed by atoms with Gasteiger partial charge in [0.2, 0.25) is 0 Å². The molecule has 2 aromatic rings. The number of rotatable bonds is 3. The molecule has 2 aromatic heterocycles. The second-order valence-electron chi connectivity index (χ2n) is 2.88. The van der Waals surface area contributed by atoms with Gasteiger partial charge in [-0.15, -0.1) is 0 Å². The van der Waals surface area contributed by atoms with Gasteiger partial charge >= 0.3 is 0 Å². The van der Waals surface area contributed by atoms with Crippen molar-refractivity contribution in [1.82, 2.24) is 10.1 Å². The maximum Gasteiger partial charge on any atom is 0.124 e. The summed E-state index contributed by atoms with van der Waals surface area (Å²) in [5.74, 6) is 0. The molecule has 0 radical (unpaired) electrons. The van der Waals surface area contributed by atoms with Crippen LogP contribution >= 0.6 is 0 Å². The second kappa shape index (κ2) is 4.24. The van der Waals surface area contributed by atoms with E-state index in [4.69, 9.17) is 5.26 Å². The van der Waals surface area contributed by atoms with Crippen LogP contribution in [0.2, 0.25) is 0 Å². The zero-order valence-electron chi connectivity index (χ0n) is 7.84. The van der Waals surface area contributed by atoms with Gasteiger partial charge in [0, 0.05) is 12.3 Å². The van der Waals surface area contributed by atoms with Crippen LogP contribution in [0.5, 0.6) is 0 Å². The van der Waals surface area contributed by atoms with Gasteiger partial charge in [-0.1, -0.05) is 5.16 Å². The summed E-state index contributed by atoms with van der Waals surface area (Å²) >= 11 is 0. The van der Waals surface area contributed by atoms with Gasteiger partial charge in [0.05, 0.1) is 24.0 Å². The molecule has 0 unspecified atom stereocenters. The molecule has 0 aliphatic heterocycles. The van der Waals surface area contributed by atoms with Gasteiger partial charge in [0.1, 0.15) is 18.0 Å².